The molecular weight excluding hydrogens is 356 g/mol. The van der Waals surface area contributed by atoms with Crippen LogP contribution >= 0.6 is 11.8 Å². The van der Waals surface area contributed by atoms with Gasteiger partial charge in [0.2, 0.25) is 6.79 Å². The highest BCUT2D eigenvalue weighted by Crippen LogP contribution is 2.37. The Morgan fingerprint density at radius 1 is 1.38 bits per heavy atom. The number of thioether (sulfide) groups is 1. The first-order valence-corrected chi connectivity index (χ1v) is 9.57. The molecule has 0 unspecified atom stereocenters. The number of amides is 2. The van der Waals surface area contributed by atoms with E-state index in [1.807, 2.05) is 6.07 Å². The van der Waals surface area contributed by atoms with Gasteiger partial charge < -0.3 is 24.4 Å². The Morgan fingerprint density at radius 2 is 2.15 bits per heavy atom. The van der Waals surface area contributed by atoms with Crippen LogP contribution in [0.3, 0.4) is 0 Å². The van der Waals surface area contributed by atoms with Crippen molar-refractivity contribution < 1.29 is 23.8 Å². The summed E-state index contributed by atoms with van der Waals surface area (Å²) in [6, 6.07) is 4.50. The van der Waals surface area contributed by atoms with Crippen LogP contribution in [0.5, 0.6) is 11.5 Å². The largest absolute Gasteiger partial charge is 0.461 e. The smallest absolute Gasteiger partial charge is 0.338 e. The van der Waals surface area contributed by atoms with E-state index in [-0.39, 0.29) is 12.8 Å². The van der Waals surface area contributed by atoms with Crippen molar-refractivity contribution in [3.63, 3.8) is 0 Å². The lowest BCUT2D eigenvalue weighted by molar-refractivity contribution is -0.139. The maximum absolute atomic E-state index is 12.7. The number of hydrogen-bond donors (Lipinski definition) is 1. The molecule has 1 aromatic rings. The second-order valence-corrected chi connectivity index (χ2v) is 7.28. The quantitative estimate of drug-likeness (QED) is 0.606. The number of allylic oxidation sites excluding steroid dienone is 1. The summed E-state index contributed by atoms with van der Waals surface area (Å²) in [4.78, 5) is 26.4. The first-order chi connectivity index (χ1) is 12.5. The van der Waals surface area contributed by atoms with Crippen LogP contribution in [-0.4, -0.2) is 48.9 Å². The molecule has 140 valence electrons. The molecule has 0 saturated carbocycles. The summed E-state index contributed by atoms with van der Waals surface area (Å²) in [7, 11) is 1.63. The Morgan fingerprint density at radius 3 is 2.92 bits per heavy atom. The molecule has 7 nitrogen and oxygen atoms in total. The van der Waals surface area contributed by atoms with Crippen molar-refractivity contribution in [1.29, 1.82) is 0 Å². The van der Waals surface area contributed by atoms with Crippen molar-refractivity contribution in [3.8, 4) is 11.5 Å². The summed E-state index contributed by atoms with van der Waals surface area (Å²) in [6.07, 6.45) is 0. The molecule has 1 atom stereocenters. The van der Waals surface area contributed by atoms with Gasteiger partial charge in [0.25, 0.3) is 0 Å². The molecule has 2 aliphatic heterocycles. The average molecular weight is 378 g/mol. The number of nitrogens with one attached hydrogen (secondary N) is 1. The third-order valence-corrected chi connectivity index (χ3v) is 5.23. The lowest BCUT2D eigenvalue weighted by Gasteiger charge is -2.33. The van der Waals surface area contributed by atoms with E-state index in [2.05, 4.69) is 12.2 Å². The first kappa shape index (κ1) is 18.4. The van der Waals surface area contributed by atoms with Crippen molar-refractivity contribution in [2.45, 2.75) is 19.9 Å². The molecule has 0 bridgehead atoms. The molecular formula is C18H22N2O5S. The SMILES string of the molecule is CCSCCOC(=O)C1=C(C)N(C)C(=O)N[C@H]1c1ccc2c(c1)OCO2. The first-order valence-electron chi connectivity index (χ1n) is 8.42. The number of rotatable bonds is 6. The van der Waals surface area contributed by atoms with Crippen LogP contribution in [0, 0.1) is 0 Å². The Bertz CT molecular complexity index is 749. The van der Waals surface area contributed by atoms with Crippen LogP contribution in [0.15, 0.2) is 29.5 Å². The number of esters is 1. The van der Waals surface area contributed by atoms with Gasteiger partial charge in [0.05, 0.1) is 11.6 Å². The van der Waals surface area contributed by atoms with E-state index in [9.17, 15) is 9.59 Å². The molecule has 0 fully saturated rings. The van der Waals surface area contributed by atoms with Gasteiger partial charge >= 0.3 is 12.0 Å². The van der Waals surface area contributed by atoms with Crippen molar-refractivity contribution in [1.82, 2.24) is 10.2 Å². The van der Waals surface area contributed by atoms with Gasteiger partial charge in [-0.2, -0.15) is 11.8 Å². The van der Waals surface area contributed by atoms with E-state index in [1.165, 1.54) is 4.90 Å². The normalized spacial score (nSPS) is 18.8. The Hall–Kier alpha value is -2.35. The van der Waals surface area contributed by atoms with Crippen LogP contribution in [-0.2, 0) is 9.53 Å². The lowest BCUT2D eigenvalue weighted by Crippen LogP contribution is -2.46. The van der Waals surface area contributed by atoms with Gasteiger partial charge in [-0.25, -0.2) is 9.59 Å². The number of benzene rings is 1. The fourth-order valence-corrected chi connectivity index (χ4v) is 3.35. The van der Waals surface area contributed by atoms with E-state index in [4.69, 9.17) is 14.2 Å². The predicted molar refractivity (Wildman–Crippen MR) is 98.3 cm³/mol. The van der Waals surface area contributed by atoms with E-state index in [0.29, 0.717) is 29.4 Å². The maximum atomic E-state index is 12.7. The van der Waals surface area contributed by atoms with Gasteiger partial charge in [-0.15, -0.1) is 0 Å². The summed E-state index contributed by atoms with van der Waals surface area (Å²) in [5.74, 6) is 2.53. The number of carbonyl (C=O) groups is 2. The number of fused-ring (bicyclic) bond motifs is 1. The van der Waals surface area contributed by atoms with Crippen molar-refractivity contribution in [3.05, 3.63) is 35.0 Å². The Labute approximate surface area is 156 Å². The van der Waals surface area contributed by atoms with E-state index in [1.54, 1.807) is 37.9 Å². The topological polar surface area (TPSA) is 77.1 Å². The minimum absolute atomic E-state index is 0.164. The van der Waals surface area contributed by atoms with E-state index in [0.717, 1.165) is 17.1 Å². The Kier molecular flexibility index (Phi) is 5.61. The van der Waals surface area contributed by atoms with Crippen LogP contribution in [0.1, 0.15) is 25.5 Å². The lowest BCUT2D eigenvalue weighted by atomic mass is 9.95. The molecule has 26 heavy (non-hydrogen) atoms. The fraction of sp³-hybridized carbons (Fsp3) is 0.444. The molecule has 0 spiro atoms. The molecule has 1 aromatic carbocycles. The second kappa shape index (κ2) is 7.90. The summed E-state index contributed by atoms with van der Waals surface area (Å²) in [5.41, 5.74) is 1.74. The van der Waals surface area contributed by atoms with Crippen LogP contribution < -0.4 is 14.8 Å². The number of urea groups is 1. The van der Waals surface area contributed by atoms with Crippen molar-refractivity contribution >= 4 is 23.8 Å². The van der Waals surface area contributed by atoms with Crippen molar-refractivity contribution in [2.24, 2.45) is 0 Å². The molecule has 0 radical (unpaired) electrons. The van der Waals surface area contributed by atoms with Crippen molar-refractivity contribution in [2.75, 3.05) is 32.0 Å². The highest BCUT2D eigenvalue weighted by Gasteiger charge is 2.35. The van der Waals surface area contributed by atoms with E-state index < -0.39 is 12.0 Å². The zero-order chi connectivity index (χ0) is 18.7. The highest BCUT2D eigenvalue weighted by atomic mass is 32.2. The third kappa shape index (κ3) is 3.60. The standard InChI is InChI=1S/C18H22N2O5S/c1-4-26-8-7-23-17(21)15-11(2)20(3)18(22)19-16(15)12-5-6-13-14(9-12)25-10-24-13/h5-6,9,16H,4,7-8,10H2,1-3H3,(H,19,22)/t16-/m0/s1. The van der Waals surface area contributed by atoms with Gasteiger partial charge in [0.1, 0.15) is 6.61 Å². The van der Waals surface area contributed by atoms with Crippen LogP contribution in [0.4, 0.5) is 4.79 Å². The molecule has 0 aliphatic carbocycles. The average Bonchev–Trinajstić information content (AvgIpc) is 3.10. The third-order valence-electron chi connectivity index (χ3n) is 4.37. The number of nitrogens with zero attached hydrogens (tertiary/aromatic N) is 1. The summed E-state index contributed by atoms with van der Waals surface area (Å²) >= 11 is 1.71. The van der Waals surface area contributed by atoms with E-state index >= 15 is 0 Å². The zero-order valence-corrected chi connectivity index (χ0v) is 15.9. The number of carbonyl (C=O) groups excluding carboxylic acids is 2. The summed E-state index contributed by atoms with van der Waals surface area (Å²) < 4.78 is 16.2. The molecule has 0 saturated heterocycles. The molecule has 8 heteroatoms. The molecule has 2 aliphatic rings. The van der Waals surface area contributed by atoms with Gasteiger partial charge in [0.15, 0.2) is 11.5 Å². The van der Waals surface area contributed by atoms with Gasteiger partial charge in [-0.05, 0) is 30.4 Å². The molecule has 0 aromatic heterocycles. The van der Waals surface area contributed by atoms with Gasteiger partial charge in [-0.1, -0.05) is 13.0 Å². The van der Waals surface area contributed by atoms with Crippen LogP contribution in [0.2, 0.25) is 0 Å². The predicted octanol–water partition coefficient (Wildman–Crippen LogP) is 2.68. The minimum atomic E-state index is -0.598. The zero-order valence-electron chi connectivity index (χ0n) is 15.0. The minimum Gasteiger partial charge on any atom is -0.461 e. The maximum Gasteiger partial charge on any atom is 0.338 e. The monoisotopic (exact) mass is 378 g/mol. The summed E-state index contributed by atoms with van der Waals surface area (Å²) in [5, 5.41) is 2.86. The van der Waals surface area contributed by atoms with Gasteiger partial charge in [-0.3, -0.25) is 0 Å². The number of hydrogen-bond acceptors (Lipinski definition) is 6. The summed E-state index contributed by atoms with van der Waals surface area (Å²) in [6.45, 7) is 4.30. The molecule has 1 N–H and O–H groups in total. The number of ether oxygens (including phenoxy) is 3. The molecule has 2 heterocycles. The van der Waals surface area contributed by atoms with Gasteiger partial charge in [0, 0.05) is 18.5 Å². The highest BCUT2D eigenvalue weighted by molar-refractivity contribution is 7.99. The van der Waals surface area contributed by atoms with Crippen LogP contribution in [0.25, 0.3) is 0 Å². The Balaban J connectivity index is 1.88. The fourth-order valence-electron chi connectivity index (χ4n) is 2.86. The molecule has 3 rings (SSSR count). The second-order valence-electron chi connectivity index (χ2n) is 5.89. The molecule has 2 amide bonds.